The Labute approximate surface area is 136 Å². The molecule has 0 bridgehead atoms. The lowest BCUT2D eigenvalue weighted by atomic mass is 10.1. The summed E-state index contributed by atoms with van der Waals surface area (Å²) >= 11 is 12.1. The first-order valence-electron chi connectivity index (χ1n) is 7.02. The van der Waals surface area contributed by atoms with Gasteiger partial charge in [0.25, 0.3) is 0 Å². The van der Waals surface area contributed by atoms with E-state index in [4.69, 9.17) is 23.2 Å². The van der Waals surface area contributed by atoms with Gasteiger partial charge in [0.2, 0.25) is 0 Å². The van der Waals surface area contributed by atoms with E-state index in [2.05, 4.69) is 30.3 Å². The van der Waals surface area contributed by atoms with Crippen molar-refractivity contribution in [2.45, 2.75) is 13.0 Å². The van der Waals surface area contributed by atoms with Crippen LogP contribution in [-0.4, -0.2) is 25.0 Å². The number of rotatable bonds is 6. The third-order valence-electron chi connectivity index (χ3n) is 3.65. The lowest BCUT2D eigenvalue weighted by Gasteiger charge is -2.26. The highest BCUT2D eigenvalue weighted by atomic mass is 35.5. The summed E-state index contributed by atoms with van der Waals surface area (Å²) in [7, 11) is 2.11. The molecule has 2 aromatic rings. The first kappa shape index (κ1) is 16.2. The molecule has 1 atom stereocenters. The number of benzene rings is 2. The molecule has 0 fully saturated rings. The van der Waals surface area contributed by atoms with Crippen molar-refractivity contribution in [3.63, 3.8) is 0 Å². The largest absolute Gasteiger partial charge is 0.384 e. The van der Waals surface area contributed by atoms with Gasteiger partial charge < -0.3 is 5.32 Å². The zero-order chi connectivity index (χ0) is 15.2. The van der Waals surface area contributed by atoms with Gasteiger partial charge in [0.05, 0.1) is 0 Å². The van der Waals surface area contributed by atoms with Crippen molar-refractivity contribution in [3.05, 3.63) is 64.1 Å². The van der Waals surface area contributed by atoms with Crippen molar-refractivity contribution >= 4 is 28.9 Å². The standard InChI is InChI=1S/C17H20Cl2N2/c1-13(16-5-3-4-6-17(16)19)21(2)12-11-20-15-9-7-14(18)8-10-15/h3-10,13,20H,11-12H2,1-2H3. The van der Waals surface area contributed by atoms with E-state index < -0.39 is 0 Å². The van der Waals surface area contributed by atoms with Crippen LogP contribution in [0.25, 0.3) is 0 Å². The number of anilines is 1. The number of nitrogens with zero attached hydrogens (tertiary/aromatic N) is 1. The van der Waals surface area contributed by atoms with E-state index in [0.29, 0.717) is 0 Å². The van der Waals surface area contributed by atoms with Gasteiger partial charge in [-0.3, -0.25) is 4.90 Å². The van der Waals surface area contributed by atoms with Crippen LogP contribution in [0, 0.1) is 0 Å². The average molecular weight is 323 g/mol. The predicted octanol–water partition coefficient (Wildman–Crippen LogP) is 5.10. The Morgan fingerprint density at radius 2 is 1.71 bits per heavy atom. The molecule has 0 aliphatic carbocycles. The molecule has 0 aliphatic rings. The minimum absolute atomic E-state index is 0.283. The minimum Gasteiger partial charge on any atom is -0.384 e. The Morgan fingerprint density at radius 1 is 1.05 bits per heavy atom. The second-order valence-electron chi connectivity index (χ2n) is 5.11. The summed E-state index contributed by atoms with van der Waals surface area (Å²) in [5.41, 5.74) is 2.24. The molecule has 0 aliphatic heterocycles. The van der Waals surface area contributed by atoms with Crippen molar-refractivity contribution in [1.29, 1.82) is 0 Å². The maximum atomic E-state index is 6.25. The number of likely N-dealkylation sites (N-methyl/N-ethyl adjacent to an activating group) is 1. The molecular formula is C17H20Cl2N2. The average Bonchev–Trinajstić information content (AvgIpc) is 2.49. The van der Waals surface area contributed by atoms with E-state index in [1.165, 1.54) is 0 Å². The SMILES string of the molecule is CC(c1ccccc1Cl)N(C)CCNc1ccc(Cl)cc1. The van der Waals surface area contributed by atoms with Gasteiger partial charge in [-0.05, 0) is 49.9 Å². The second-order valence-corrected chi connectivity index (χ2v) is 5.96. The molecule has 0 spiro atoms. The molecule has 0 saturated heterocycles. The van der Waals surface area contributed by atoms with E-state index in [-0.39, 0.29) is 6.04 Å². The third-order valence-corrected chi connectivity index (χ3v) is 4.25. The summed E-state index contributed by atoms with van der Waals surface area (Å²) < 4.78 is 0. The summed E-state index contributed by atoms with van der Waals surface area (Å²) in [5, 5.41) is 4.97. The van der Waals surface area contributed by atoms with Crippen LogP contribution < -0.4 is 5.32 Å². The molecule has 21 heavy (non-hydrogen) atoms. The summed E-state index contributed by atoms with van der Waals surface area (Å²) in [6.45, 7) is 3.96. The van der Waals surface area contributed by atoms with Crippen molar-refractivity contribution in [3.8, 4) is 0 Å². The fourth-order valence-electron chi connectivity index (χ4n) is 2.19. The summed E-state index contributed by atoms with van der Waals surface area (Å²) in [6, 6.07) is 16.0. The Balaban J connectivity index is 1.85. The molecular weight excluding hydrogens is 303 g/mol. The van der Waals surface area contributed by atoms with Gasteiger partial charge in [0.15, 0.2) is 0 Å². The fraction of sp³-hybridized carbons (Fsp3) is 0.294. The zero-order valence-corrected chi connectivity index (χ0v) is 13.8. The Hall–Kier alpha value is -1.22. The highest BCUT2D eigenvalue weighted by Crippen LogP contribution is 2.25. The quantitative estimate of drug-likeness (QED) is 0.796. The lowest BCUT2D eigenvalue weighted by Crippen LogP contribution is -2.28. The van der Waals surface area contributed by atoms with E-state index >= 15 is 0 Å². The molecule has 0 radical (unpaired) electrons. The van der Waals surface area contributed by atoms with Gasteiger partial charge in [-0.25, -0.2) is 0 Å². The van der Waals surface area contributed by atoms with Gasteiger partial charge in [0, 0.05) is 34.9 Å². The fourth-order valence-corrected chi connectivity index (χ4v) is 2.61. The molecule has 1 N–H and O–H groups in total. The maximum Gasteiger partial charge on any atom is 0.0453 e. The van der Waals surface area contributed by atoms with Gasteiger partial charge in [-0.2, -0.15) is 0 Å². The van der Waals surface area contributed by atoms with E-state index in [1.807, 2.05) is 42.5 Å². The van der Waals surface area contributed by atoms with E-state index in [9.17, 15) is 0 Å². The van der Waals surface area contributed by atoms with Gasteiger partial charge >= 0.3 is 0 Å². The molecule has 1 unspecified atom stereocenters. The van der Waals surface area contributed by atoms with Crippen LogP contribution in [0.4, 0.5) is 5.69 Å². The van der Waals surface area contributed by atoms with Crippen LogP contribution >= 0.6 is 23.2 Å². The third kappa shape index (κ3) is 4.63. The predicted molar refractivity (Wildman–Crippen MR) is 92.4 cm³/mol. The Kier molecular flexibility index (Phi) is 5.92. The molecule has 112 valence electrons. The normalized spacial score (nSPS) is 12.4. The molecule has 0 aromatic heterocycles. The molecule has 2 nitrogen and oxygen atoms in total. The van der Waals surface area contributed by atoms with E-state index in [1.54, 1.807) is 0 Å². The van der Waals surface area contributed by atoms with Crippen LogP contribution in [0.15, 0.2) is 48.5 Å². The Morgan fingerprint density at radius 3 is 2.38 bits per heavy atom. The van der Waals surface area contributed by atoms with Crippen LogP contribution in [0.1, 0.15) is 18.5 Å². The highest BCUT2D eigenvalue weighted by Gasteiger charge is 2.13. The van der Waals surface area contributed by atoms with Crippen LogP contribution in [0.2, 0.25) is 10.0 Å². The topological polar surface area (TPSA) is 15.3 Å². The summed E-state index contributed by atoms with van der Waals surface area (Å²) in [5.74, 6) is 0. The van der Waals surface area contributed by atoms with Crippen molar-refractivity contribution in [2.24, 2.45) is 0 Å². The zero-order valence-electron chi connectivity index (χ0n) is 12.3. The number of hydrogen-bond acceptors (Lipinski definition) is 2. The first-order chi connectivity index (χ1) is 10.1. The molecule has 2 aromatic carbocycles. The van der Waals surface area contributed by atoms with Crippen LogP contribution in [0.3, 0.4) is 0 Å². The molecule has 0 heterocycles. The highest BCUT2D eigenvalue weighted by molar-refractivity contribution is 6.31. The molecule has 4 heteroatoms. The van der Waals surface area contributed by atoms with Crippen molar-refractivity contribution in [2.75, 3.05) is 25.5 Å². The summed E-state index contributed by atoms with van der Waals surface area (Å²) in [4.78, 5) is 2.28. The minimum atomic E-state index is 0.283. The molecule has 2 rings (SSSR count). The molecule has 0 saturated carbocycles. The first-order valence-corrected chi connectivity index (χ1v) is 7.77. The van der Waals surface area contributed by atoms with Crippen LogP contribution in [0.5, 0.6) is 0 Å². The van der Waals surface area contributed by atoms with Crippen molar-refractivity contribution in [1.82, 2.24) is 4.90 Å². The van der Waals surface area contributed by atoms with Crippen molar-refractivity contribution < 1.29 is 0 Å². The Bertz CT molecular complexity index is 569. The maximum absolute atomic E-state index is 6.25. The summed E-state index contributed by atoms with van der Waals surface area (Å²) in [6.07, 6.45) is 0. The monoisotopic (exact) mass is 322 g/mol. The lowest BCUT2D eigenvalue weighted by molar-refractivity contribution is 0.272. The van der Waals surface area contributed by atoms with Gasteiger partial charge in [-0.15, -0.1) is 0 Å². The number of nitrogens with one attached hydrogen (secondary N) is 1. The smallest absolute Gasteiger partial charge is 0.0453 e. The van der Waals surface area contributed by atoms with Gasteiger partial charge in [0.1, 0.15) is 0 Å². The van der Waals surface area contributed by atoms with Gasteiger partial charge in [-0.1, -0.05) is 41.4 Å². The van der Waals surface area contributed by atoms with E-state index in [0.717, 1.165) is 34.4 Å². The second kappa shape index (κ2) is 7.69. The number of halogens is 2. The number of hydrogen-bond donors (Lipinski definition) is 1. The molecule has 0 amide bonds. The van der Waals surface area contributed by atoms with Crippen LogP contribution in [-0.2, 0) is 0 Å².